The van der Waals surface area contributed by atoms with E-state index in [0.29, 0.717) is 5.75 Å². The van der Waals surface area contributed by atoms with Crippen molar-refractivity contribution in [2.75, 3.05) is 6.61 Å². The molecule has 1 N–H and O–H groups in total. The molecule has 0 fully saturated rings. The molecule has 3 nitrogen and oxygen atoms in total. The van der Waals surface area contributed by atoms with E-state index in [9.17, 15) is 4.79 Å². The molecule has 0 spiro atoms. The average molecular weight is 226 g/mol. The Bertz CT molecular complexity index is 608. The highest BCUT2D eigenvalue weighted by molar-refractivity contribution is 5.97. The Kier molecular flexibility index (Phi) is 2.97. The van der Waals surface area contributed by atoms with Gasteiger partial charge < -0.3 is 9.84 Å². The average Bonchev–Trinajstić information content (AvgIpc) is 2.35. The van der Waals surface area contributed by atoms with Crippen molar-refractivity contribution in [2.24, 2.45) is 0 Å². The third-order valence-electron chi connectivity index (χ3n) is 2.39. The predicted molar refractivity (Wildman–Crippen MR) is 65.2 cm³/mol. The lowest BCUT2D eigenvalue weighted by atomic mass is 10.1. The Hall–Kier alpha value is -2.47. The van der Waals surface area contributed by atoms with Crippen molar-refractivity contribution in [1.29, 1.82) is 0 Å². The number of hydrogen-bond acceptors (Lipinski definition) is 2. The zero-order valence-electron chi connectivity index (χ0n) is 9.01. The Morgan fingerprint density at radius 3 is 2.53 bits per heavy atom. The van der Waals surface area contributed by atoms with Crippen LogP contribution in [-0.2, 0) is 0 Å². The molecule has 0 saturated carbocycles. The summed E-state index contributed by atoms with van der Waals surface area (Å²) in [6.07, 6.45) is 5.09. The number of carboxylic acid groups (broad SMARTS) is 1. The van der Waals surface area contributed by atoms with Crippen LogP contribution in [0.1, 0.15) is 10.4 Å². The van der Waals surface area contributed by atoms with E-state index < -0.39 is 5.97 Å². The van der Waals surface area contributed by atoms with E-state index in [1.807, 2.05) is 24.3 Å². The van der Waals surface area contributed by atoms with Gasteiger partial charge in [-0.2, -0.15) is 0 Å². The van der Waals surface area contributed by atoms with Crippen LogP contribution in [-0.4, -0.2) is 17.7 Å². The SMILES string of the molecule is C#CCOc1cc2ccccc2cc1C(=O)O. The van der Waals surface area contributed by atoms with E-state index in [2.05, 4.69) is 5.92 Å². The van der Waals surface area contributed by atoms with Crippen LogP contribution in [0.3, 0.4) is 0 Å². The van der Waals surface area contributed by atoms with Gasteiger partial charge in [0.25, 0.3) is 0 Å². The maximum atomic E-state index is 11.1. The van der Waals surface area contributed by atoms with Gasteiger partial charge in [0.15, 0.2) is 0 Å². The summed E-state index contributed by atoms with van der Waals surface area (Å²) in [6.45, 7) is 0.0542. The van der Waals surface area contributed by atoms with Crippen molar-refractivity contribution in [3.63, 3.8) is 0 Å². The number of terminal acetylenes is 1. The van der Waals surface area contributed by atoms with Gasteiger partial charge in [0.1, 0.15) is 17.9 Å². The van der Waals surface area contributed by atoms with Crippen molar-refractivity contribution in [2.45, 2.75) is 0 Å². The summed E-state index contributed by atoms with van der Waals surface area (Å²) in [6, 6.07) is 10.8. The number of aromatic carboxylic acids is 1. The molecule has 0 amide bonds. The van der Waals surface area contributed by atoms with Crippen LogP contribution in [0.5, 0.6) is 5.75 Å². The first-order valence-electron chi connectivity index (χ1n) is 5.04. The topological polar surface area (TPSA) is 46.5 Å². The van der Waals surface area contributed by atoms with Crippen molar-refractivity contribution < 1.29 is 14.6 Å². The van der Waals surface area contributed by atoms with Gasteiger partial charge in [-0.15, -0.1) is 6.42 Å². The molecule has 0 saturated heterocycles. The number of ether oxygens (including phenoxy) is 1. The number of rotatable bonds is 3. The number of carboxylic acids is 1. The molecule has 0 heterocycles. The largest absolute Gasteiger partial charge is 0.480 e. The molecule has 3 heteroatoms. The molecule has 17 heavy (non-hydrogen) atoms. The van der Waals surface area contributed by atoms with Gasteiger partial charge in [-0.25, -0.2) is 4.79 Å². The number of fused-ring (bicyclic) bond motifs is 1. The summed E-state index contributed by atoms with van der Waals surface area (Å²) >= 11 is 0. The summed E-state index contributed by atoms with van der Waals surface area (Å²) in [7, 11) is 0. The van der Waals surface area contributed by atoms with E-state index in [1.54, 1.807) is 12.1 Å². The lowest BCUT2D eigenvalue weighted by Crippen LogP contribution is -2.03. The molecule has 84 valence electrons. The van der Waals surface area contributed by atoms with E-state index in [4.69, 9.17) is 16.3 Å². The standard InChI is InChI=1S/C14H10O3/c1-2-7-17-13-9-11-6-4-3-5-10(11)8-12(13)14(15)16/h1,3-6,8-9H,7H2,(H,15,16). The van der Waals surface area contributed by atoms with Gasteiger partial charge >= 0.3 is 5.97 Å². The second-order valence-corrected chi connectivity index (χ2v) is 3.49. The first-order valence-corrected chi connectivity index (χ1v) is 5.04. The fourth-order valence-electron chi connectivity index (χ4n) is 1.63. The van der Waals surface area contributed by atoms with E-state index >= 15 is 0 Å². The second kappa shape index (κ2) is 4.58. The molecule has 0 atom stereocenters. The van der Waals surface area contributed by atoms with Gasteiger partial charge in [0.05, 0.1) is 0 Å². The molecule has 0 bridgehead atoms. The van der Waals surface area contributed by atoms with Crippen LogP contribution in [0, 0.1) is 12.3 Å². The zero-order chi connectivity index (χ0) is 12.3. The van der Waals surface area contributed by atoms with Gasteiger partial charge in [-0.1, -0.05) is 30.2 Å². The minimum Gasteiger partial charge on any atom is -0.480 e. The number of carbonyl (C=O) groups is 1. The van der Waals surface area contributed by atoms with E-state index in [-0.39, 0.29) is 12.2 Å². The zero-order valence-corrected chi connectivity index (χ0v) is 9.01. The minimum absolute atomic E-state index is 0.0542. The van der Waals surface area contributed by atoms with Crippen LogP contribution in [0.15, 0.2) is 36.4 Å². The highest BCUT2D eigenvalue weighted by Crippen LogP contribution is 2.26. The fraction of sp³-hybridized carbons (Fsp3) is 0.0714. The molecule has 2 aromatic rings. The Balaban J connectivity index is 2.58. The highest BCUT2D eigenvalue weighted by Gasteiger charge is 2.12. The summed E-state index contributed by atoms with van der Waals surface area (Å²) in [5.74, 6) is 1.59. The molecule has 0 unspecified atom stereocenters. The molecular weight excluding hydrogens is 216 g/mol. The van der Waals surface area contributed by atoms with Crippen LogP contribution in [0.4, 0.5) is 0 Å². The lowest BCUT2D eigenvalue weighted by Gasteiger charge is -2.08. The van der Waals surface area contributed by atoms with Gasteiger partial charge in [0, 0.05) is 0 Å². The van der Waals surface area contributed by atoms with Crippen molar-refractivity contribution in [1.82, 2.24) is 0 Å². The van der Waals surface area contributed by atoms with Crippen LogP contribution < -0.4 is 4.74 Å². The van der Waals surface area contributed by atoms with Crippen molar-refractivity contribution in [3.8, 4) is 18.1 Å². The number of hydrogen-bond donors (Lipinski definition) is 1. The Labute approximate surface area is 98.6 Å². The molecule has 0 aliphatic heterocycles. The fourth-order valence-corrected chi connectivity index (χ4v) is 1.63. The predicted octanol–water partition coefficient (Wildman–Crippen LogP) is 2.55. The summed E-state index contributed by atoms with van der Waals surface area (Å²) in [5, 5.41) is 10.9. The molecule has 0 radical (unpaired) electrons. The first-order chi connectivity index (χ1) is 8.22. The van der Waals surface area contributed by atoms with E-state index in [0.717, 1.165) is 10.8 Å². The highest BCUT2D eigenvalue weighted by atomic mass is 16.5. The molecule has 0 aliphatic carbocycles. The maximum Gasteiger partial charge on any atom is 0.339 e. The molecule has 0 aromatic heterocycles. The Morgan fingerprint density at radius 1 is 1.29 bits per heavy atom. The normalized spacial score (nSPS) is 9.82. The second-order valence-electron chi connectivity index (χ2n) is 3.49. The first kappa shape index (κ1) is 11.0. The third-order valence-corrected chi connectivity index (χ3v) is 2.39. The van der Waals surface area contributed by atoms with Crippen LogP contribution in [0.25, 0.3) is 10.8 Å². The summed E-state index contributed by atoms with van der Waals surface area (Å²) in [5.41, 5.74) is 0.124. The van der Waals surface area contributed by atoms with Crippen molar-refractivity contribution >= 4 is 16.7 Å². The Morgan fingerprint density at radius 2 is 1.94 bits per heavy atom. The third kappa shape index (κ3) is 2.21. The molecule has 2 aromatic carbocycles. The molecule has 0 aliphatic rings. The lowest BCUT2D eigenvalue weighted by molar-refractivity contribution is 0.0693. The van der Waals surface area contributed by atoms with Gasteiger partial charge in [-0.3, -0.25) is 0 Å². The van der Waals surface area contributed by atoms with Crippen LogP contribution in [0.2, 0.25) is 0 Å². The smallest absolute Gasteiger partial charge is 0.339 e. The molecule has 2 rings (SSSR count). The summed E-state index contributed by atoms with van der Waals surface area (Å²) in [4.78, 5) is 11.1. The molecular formula is C14H10O3. The summed E-state index contributed by atoms with van der Waals surface area (Å²) < 4.78 is 5.24. The number of benzene rings is 2. The van der Waals surface area contributed by atoms with Gasteiger partial charge in [-0.05, 0) is 22.9 Å². The minimum atomic E-state index is -1.03. The monoisotopic (exact) mass is 226 g/mol. The maximum absolute atomic E-state index is 11.1. The van der Waals surface area contributed by atoms with Gasteiger partial charge in [0.2, 0.25) is 0 Å². The quantitative estimate of drug-likeness (QED) is 0.818. The van der Waals surface area contributed by atoms with E-state index in [1.165, 1.54) is 0 Å². The van der Waals surface area contributed by atoms with Crippen LogP contribution >= 0.6 is 0 Å². The van der Waals surface area contributed by atoms with Crippen molar-refractivity contribution in [3.05, 3.63) is 42.0 Å².